The van der Waals surface area contributed by atoms with Crippen molar-refractivity contribution in [2.45, 2.75) is 6.61 Å². The second-order valence-corrected chi connectivity index (χ2v) is 5.36. The van der Waals surface area contributed by atoms with Crippen LogP contribution in [0.3, 0.4) is 0 Å². The van der Waals surface area contributed by atoms with Crippen LogP contribution in [0.15, 0.2) is 40.9 Å². The predicted molar refractivity (Wildman–Crippen MR) is 80.7 cm³/mol. The molecular weight excluding hydrogens is 348 g/mol. The SMILES string of the molecule is NC(=S)c1c(F)cccc1OCc1cc(Br)ccc1F. The standard InChI is InChI=1S/C14H10BrF2NOS/c15-9-4-5-10(16)8(6-9)7-19-12-3-1-2-11(17)13(12)14(18)20/h1-6H,7H2,(H2,18,20). The molecule has 0 atom stereocenters. The molecule has 0 aliphatic carbocycles. The Morgan fingerprint density at radius 3 is 2.65 bits per heavy atom. The molecule has 0 aliphatic heterocycles. The van der Waals surface area contributed by atoms with Crippen molar-refractivity contribution in [3.05, 3.63) is 63.6 Å². The van der Waals surface area contributed by atoms with E-state index in [1.165, 1.54) is 24.3 Å². The summed E-state index contributed by atoms with van der Waals surface area (Å²) in [7, 11) is 0. The maximum absolute atomic E-state index is 13.6. The van der Waals surface area contributed by atoms with Crippen LogP contribution < -0.4 is 10.5 Å². The van der Waals surface area contributed by atoms with Gasteiger partial charge in [-0.3, -0.25) is 0 Å². The summed E-state index contributed by atoms with van der Waals surface area (Å²) in [5.74, 6) is -0.775. The second kappa shape index (κ2) is 6.28. The molecule has 104 valence electrons. The molecule has 2 rings (SSSR count). The number of benzene rings is 2. The van der Waals surface area contributed by atoms with E-state index in [0.717, 1.165) is 4.47 Å². The zero-order chi connectivity index (χ0) is 14.7. The van der Waals surface area contributed by atoms with Gasteiger partial charge in [-0.1, -0.05) is 34.2 Å². The fourth-order valence-electron chi connectivity index (χ4n) is 1.67. The molecule has 0 heterocycles. The van der Waals surface area contributed by atoms with Gasteiger partial charge in [0, 0.05) is 10.0 Å². The summed E-state index contributed by atoms with van der Waals surface area (Å²) in [5, 5.41) is 0. The van der Waals surface area contributed by atoms with E-state index in [1.54, 1.807) is 12.1 Å². The minimum Gasteiger partial charge on any atom is -0.488 e. The Balaban J connectivity index is 2.25. The van der Waals surface area contributed by atoms with Crippen LogP contribution in [0.2, 0.25) is 0 Å². The summed E-state index contributed by atoms with van der Waals surface area (Å²) in [5.41, 5.74) is 5.84. The van der Waals surface area contributed by atoms with Gasteiger partial charge in [0.1, 0.15) is 29.0 Å². The molecule has 0 saturated heterocycles. The molecule has 0 bridgehead atoms. The van der Waals surface area contributed by atoms with Crippen molar-refractivity contribution in [2.24, 2.45) is 5.73 Å². The first kappa shape index (κ1) is 14.9. The van der Waals surface area contributed by atoms with E-state index in [4.69, 9.17) is 22.7 Å². The van der Waals surface area contributed by atoms with Gasteiger partial charge in [0.25, 0.3) is 0 Å². The van der Waals surface area contributed by atoms with Crippen molar-refractivity contribution in [2.75, 3.05) is 0 Å². The highest BCUT2D eigenvalue weighted by molar-refractivity contribution is 9.10. The fraction of sp³-hybridized carbons (Fsp3) is 0.0714. The van der Waals surface area contributed by atoms with Crippen molar-refractivity contribution in [1.29, 1.82) is 0 Å². The summed E-state index contributed by atoms with van der Waals surface area (Å²) in [6.45, 7) is -0.0513. The van der Waals surface area contributed by atoms with Crippen LogP contribution in [0.25, 0.3) is 0 Å². The molecule has 2 aromatic carbocycles. The lowest BCUT2D eigenvalue weighted by Crippen LogP contribution is -2.14. The van der Waals surface area contributed by atoms with Crippen molar-refractivity contribution in [3.8, 4) is 5.75 Å². The van der Waals surface area contributed by atoms with Crippen molar-refractivity contribution in [1.82, 2.24) is 0 Å². The summed E-state index contributed by atoms with van der Waals surface area (Å²) >= 11 is 8.04. The highest BCUT2D eigenvalue weighted by Crippen LogP contribution is 2.23. The van der Waals surface area contributed by atoms with Gasteiger partial charge in [-0.25, -0.2) is 8.78 Å². The topological polar surface area (TPSA) is 35.2 Å². The molecule has 0 spiro atoms. The second-order valence-electron chi connectivity index (χ2n) is 4.00. The number of halogens is 3. The zero-order valence-corrected chi connectivity index (χ0v) is 12.6. The quantitative estimate of drug-likeness (QED) is 0.841. The molecular formula is C14H10BrF2NOS. The van der Waals surface area contributed by atoms with E-state index in [2.05, 4.69) is 15.9 Å². The summed E-state index contributed by atoms with van der Waals surface area (Å²) in [4.78, 5) is -0.104. The van der Waals surface area contributed by atoms with Gasteiger partial charge < -0.3 is 10.5 Å². The first-order valence-corrected chi connectivity index (χ1v) is 6.84. The Labute approximate surface area is 128 Å². The number of hydrogen-bond acceptors (Lipinski definition) is 2. The first-order chi connectivity index (χ1) is 9.49. The van der Waals surface area contributed by atoms with Crippen LogP contribution in [0.4, 0.5) is 8.78 Å². The van der Waals surface area contributed by atoms with Gasteiger partial charge in [-0.2, -0.15) is 0 Å². The van der Waals surface area contributed by atoms with E-state index in [9.17, 15) is 8.78 Å². The highest BCUT2D eigenvalue weighted by Gasteiger charge is 2.13. The van der Waals surface area contributed by atoms with Crippen molar-refractivity contribution >= 4 is 33.1 Å². The van der Waals surface area contributed by atoms with Crippen LogP contribution in [0.5, 0.6) is 5.75 Å². The van der Waals surface area contributed by atoms with Crippen LogP contribution in [0.1, 0.15) is 11.1 Å². The zero-order valence-electron chi connectivity index (χ0n) is 10.2. The molecule has 2 aromatic rings. The third-order valence-electron chi connectivity index (χ3n) is 2.61. The first-order valence-electron chi connectivity index (χ1n) is 5.64. The molecule has 0 amide bonds. The number of hydrogen-bond donors (Lipinski definition) is 1. The summed E-state index contributed by atoms with van der Waals surface area (Å²) < 4.78 is 33.4. The van der Waals surface area contributed by atoms with E-state index in [1.807, 2.05) is 0 Å². The minimum absolute atomic E-state index is 0.0258. The number of nitrogens with two attached hydrogens (primary N) is 1. The van der Waals surface area contributed by atoms with Gasteiger partial charge in [0.05, 0.1) is 5.56 Å². The number of ether oxygens (including phenoxy) is 1. The average molecular weight is 358 g/mol. The Morgan fingerprint density at radius 2 is 1.95 bits per heavy atom. The van der Waals surface area contributed by atoms with Crippen LogP contribution in [0, 0.1) is 11.6 Å². The lowest BCUT2D eigenvalue weighted by atomic mass is 10.2. The Morgan fingerprint density at radius 1 is 1.20 bits per heavy atom. The summed E-state index contributed by atoms with van der Waals surface area (Å²) in [6.07, 6.45) is 0. The lowest BCUT2D eigenvalue weighted by molar-refractivity contribution is 0.297. The van der Waals surface area contributed by atoms with E-state index in [0.29, 0.717) is 5.56 Å². The predicted octanol–water partition coefficient (Wildman–Crippen LogP) is 3.94. The molecule has 6 heteroatoms. The Bertz CT molecular complexity index is 664. The molecule has 2 N–H and O–H groups in total. The average Bonchev–Trinajstić information content (AvgIpc) is 2.39. The Hall–Kier alpha value is -1.53. The molecule has 0 saturated carbocycles. The van der Waals surface area contributed by atoms with Gasteiger partial charge in [0.2, 0.25) is 0 Å². The van der Waals surface area contributed by atoms with Crippen LogP contribution >= 0.6 is 28.1 Å². The number of thiocarbonyl (C=S) groups is 1. The molecule has 0 unspecified atom stereocenters. The molecule has 20 heavy (non-hydrogen) atoms. The van der Waals surface area contributed by atoms with Crippen molar-refractivity contribution < 1.29 is 13.5 Å². The lowest BCUT2D eigenvalue weighted by Gasteiger charge is -2.12. The molecule has 0 fully saturated rings. The van der Waals surface area contributed by atoms with Gasteiger partial charge in [-0.05, 0) is 30.3 Å². The molecule has 2 nitrogen and oxygen atoms in total. The molecule has 0 aromatic heterocycles. The maximum atomic E-state index is 13.6. The van der Waals surface area contributed by atoms with Gasteiger partial charge in [-0.15, -0.1) is 0 Å². The van der Waals surface area contributed by atoms with Gasteiger partial charge >= 0.3 is 0 Å². The van der Waals surface area contributed by atoms with Crippen molar-refractivity contribution in [3.63, 3.8) is 0 Å². The van der Waals surface area contributed by atoms with E-state index < -0.39 is 11.6 Å². The monoisotopic (exact) mass is 357 g/mol. The summed E-state index contributed by atoms with van der Waals surface area (Å²) in [6, 6.07) is 8.75. The van der Waals surface area contributed by atoms with Crippen LogP contribution in [-0.4, -0.2) is 4.99 Å². The number of rotatable bonds is 4. The van der Waals surface area contributed by atoms with E-state index in [-0.39, 0.29) is 22.9 Å². The van der Waals surface area contributed by atoms with Crippen LogP contribution in [-0.2, 0) is 6.61 Å². The molecule has 0 radical (unpaired) electrons. The third kappa shape index (κ3) is 3.32. The maximum Gasteiger partial charge on any atom is 0.137 e. The smallest absolute Gasteiger partial charge is 0.137 e. The van der Waals surface area contributed by atoms with Gasteiger partial charge in [0.15, 0.2) is 0 Å². The third-order valence-corrected chi connectivity index (χ3v) is 3.31. The normalized spacial score (nSPS) is 10.3. The largest absolute Gasteiger partial charge is 0.488 e. The minimum atomic E-state index is -0.565. The fourth-order valence-corrected chi connectivity index (χ4v) is 2.28. The molecule has 0 aliphatic rings. The van der Waals surface area contributed by atoms with E-state index >= 15 is 0 Å². The highest BCUT2D eigenvalue weighted by atomic mass is 79.9. The Kier molecular flexibility index (Phi) is 4.67.